The van der Waals surface area contributed by atoms with Gasteiger partial charge in [0, 0.05) is 5.56 Å². The van der Waals surface area contributed by atoms with Crippen LogP contribution in [0.2, 0.25) is 0 Å². The molecule has 1 aromatic carbocycles. The molecule has 0 aliphatic carbocycles. The number of nitrogens with zero attached hydrogens (tertiary/aromatic N) is 2. The monoisotopic (exact) mass is 361 g/mol. The van der Waals surface area contributed by atoms with E-state index in [1.807, 2.05) is 24.3 Å². The van der Waals surface area contributed by atoms with Crippen LogP contribution in [0.1, 0.15) is 5.82 Å². The van der Waals surface area contributed by atoms with Crippen molar-refractivity contribution in [3.8, 4) is 17.0 Å². The fourth-order valence-corrected chi connectivity index (χ4v) is 2.89. The molecule has 3 N–H and O–H groups in total. The fraction of sp³-hybridized carbons (Fsp3) is 0.133. The second kappa shape index (κ2) is 7.37. The number of aromatic nitrogens is 3. The Hall–Kier alpha value is -2.52. The molecule has 9 heteroatoms. The van der Waals surface area contributed by atoms with Gasteiger partial charge in [-0.15, -0.1) is 12.6 Å². The molecule has 124 valence electrons. The predicted molar refractivity (Wildman–Crippen MR) is 95.8 cm³/mol. The van der Waals surface area contributed by atoms with Crippen molar-refractivity contribution in [2.45, 2.75) is 10.8 Å². The van der Waals surface area contributed by atoms with Crippen molar-refractivity contribution in [1.29, 1.82) is 0 Å². The average Bonchev–Trinajstić information content (AvgIpc) is 3.22. The number of carbonyl (C=O) groups excluding carboxylic acids is 1. The standard InChI is InChI=1S/C15H15N5O2S2/c1-22-10-4-2-3-9(5-10)11-6-16-12(19-11)7-17-14(21)20-15-18-8-13(23)24-15/h2-6,8,23H,7H2,1H3,(H,16,19)(H2,17,18,20,21). The number of methoxy groups -OCH3 is 1. The maximum atomic E-state index is 11.8. The summed E-state index contributed by atoms with van der Waals surface area (Å²) in [7, 11) is 1.62. The van der Waals surface area contributed by atoms with E-state index in [0.717, 1.165) is 21.2 Å². The fourth-order valence-electron chi connectivity index (χ4n) is 2.02. The molecule has 2 amide bonds. The predicted octanol–water partition coefficient (Wildman–Crippen LogP) is 3.15. The topological polar surface area (TPSA) is 91.9 Å². The number of benzene rings is 1. The van der Waals surface area contributed by atoms with E-state index in [4.69, 9.17) is 4.74 Å². The van der Waals surface area contributed by atoms with Crippen LogP contribution in [0.4, 0.5) is 9.93 Å². The summed E-state index contributed by atoms with van der Waals surface area (Å²) in [5.41, 5.74) is 1.81. The largest absolute Gasteiger partial charge is 0.497 e. The average molecular weight is 361 g/mol. The van der Waals surface area contributed by atoms with Crippen molar-refractivity contribution in [3.05, 3.63) is 42.5 Å². The number of thiol groups is 1. The van der Waals surface area contributed by atoms with Gasteiger partial charge in [-0.05, 0) is 12.1 Å². The molecule has 0 aliphatic heterocycles. The summed E-state index contributed by atoms with van der Waals surface area (Å²) in [5, 5.41) is 5.85. The highest BCUT2D eigenvalue weighted by molar-refractivity contribution is 7.83. The minimum Gasteiger partial charge on any atom is -0.497 e. The first kappa shape index (κ1) is 16.3. The zero-order valence-electron chi connectivity index (χ0n) is 12.7. The van der Waals surface area contributed by atoms with Crippen molar-refractivity contribution in [2.24, 2.45) is 0 Å². The Labute approximate surface area is 147 Å². The van der Waals surface area contributed by atoms with Gasteiger partial charge in [-0.3, -0.25) is 5.32 Å². The molecule has 0 bridgehead atoms. The van der Waals surface area contributed by atoms with Gasteiger partial charge in [-0.25, -0.2) is 14.8 Å². The first-order chi connectivity index (χ1) is 11.6. The zero-order chi connectivity index (χ0) is 16.9. The maximum absolute atomic E-state index is 11.8. The number of anilines is 1. The van der Waals surface area contributed by atoms with Gasteiger partial charge in [0.05, 0.1) is 36.0 Å². The molecule has 3 rings (SSSR count). The molecule has 0 spiro atoms. The summed E-state index contributed by atoms with van der Waals surface area (Å²) in [6.45, 7) is 0.273. The van der Waals surface area contributed by atoms with Gasteiger partial charge in [-0.2, -0.15) is 0 Å². The van der Waals surface area contributed by atoms with E-state index in [1.54, 1.807) is 19.5 Å². The summed E-state index contributed by atoms with van der Waals surface area (Å²) < 4.78 is 5.95. The van der Waals surface area contributed by atoms with Crippen molar-refractivity contribution < 1.29 is 9.53 Å². The second-order valence-corrected chi connectivity index (χ2v) is 6.60. The summed E-state index contributed by atoms with van der Waals surface area (Å²) >= 11 is 5.44. The number of hydrogen-bond acceptors (Lipinski definition) is 6. The molecular formula is C15H15N5O2S2. The molecule has 0 saturated carbocycles. The van der Waals surface area contributed by atoms with Crippen LogP contribution in [0.5, 0.6) is 5.75 Å². The SMILES string of the molecule is COc1cccc(-c2cnc(CNC(=O)Nc3ncc(S)s3)[nH]2)c1. The Morgan fingerprint density at radius 3 is 3.00 bits per heavy atom. The van der Waals surface area contributed by atoms with Crippen LogP contribution in [-0.2, 0) is 6.54 Å². The quantitative estimate of drug-likeness (QED) is 0.525. The number of amides is 2. The summed E-state index contributed by atoms with van der Waals surface area (Å²) in [6, 6.07) is 7.30. The molecular weight excluding hydrogens is 346 g/mol. The first-order valence-electron chi connectivity index (χ1n) is 7.02. The highest BCUT2D eigenvalue weighted by atomic mass is 32.2. The van der Waals surface area contributed by atoms with Crippen LogP contribution in [0.3, 0.4) is 0 Å². The number of aromatic amines is 1. The third kappa shape index (κ3) is 4.06. The number of hydrogen-bond donors (Lipinski definition) is 4. The van der Waals surface area contributed by atoms with E-state index in [2.05, 4.69) is 38.2 Å². The Bertz CT molecular complexity index is 846. The Kier molecular flexibility index (Phi) is 5.02. The van der Waals surface area contributed by atoms with Crippen LogP contribution >= 0.6 is 24.0 Å². The number of carbonyl (C=O) groups is 1. The highest BCUT2D eigenvalue weighted by Crippen LogP contribution is 2.22. The van der Waals surface area contributed by atoms with Crippen molar-refractivity contribution in [2.75, 3.05) is 12.4 Å². The van der Waals surface area contributed by atoms with Crippen molar-refractivity contribution in [1.82, 2.24) is 20.3 Å². The Balaban J connectivity index is 1.58. The molecule has 2 heterocycles. The molecule has 0 fully saturated rings. The van der Waals surface area contributed by atoms with Gasteiger partial charge >= 0.3 is 6.03 Å². The summed E-state index contributed by atoms with van der Waals surface area (Å²) in [6.07, 6.45) is 3.30. The number of thiazole rings is 1. The second-order valence-electron chi connectivity index (χ2n) is 4.79. The van der Waals surface area contributed by atoms with Crippen LogP contribution in [0, 0.1) is 0 Å². The lowest BCUT2D eigenvalue weighted by atomic mass is 10.1. The van der Waals surface area contributed by atoms with Crippen molar-refractivity contribution >= 4 is 35.1 Å². The van der Waals surface area contributed by atoms with Gasteiger partial charge < -0.3 is 15.0 Å². The summed E-state index contributed by atoms with van der Waals surface area (Å²) in [5.74, 6) is 1.42. The van der Waals surface area contributed by atoms with Crippen LogP contribution in [0.25, 0.3) is 11.3 Å². The molecule has 24 heavy (non-hydrogen) atoms. The third-order valence-corrected chi connectivity index (χ3v) is 4.24. The summed E-state index contributed by atoms with van der Waals surface area (Å²) in [4.78, 5) is 23.3. The minimum absolute atomic E-state index is 0.273. The minimum atomic E-state index is -0.350. The molecule has 0 saturated heterocycles. The van der Waals surface area contributed by atoms with E-state index < -0.39 is 0 Å². The highest BCUT2D eigenvalue weighted by Gasteiger charge is 2.08. The molecule has 0 atom stereocenters. The number of ether oxygens (including phenoxy) is 1. The lowest BCUT2D eigenvalue weighted by Gasteiger charge is -2.04. The number of H-pyrrole nitrogens is 1. The molecule has 0 radical (unpaired) electrons. The van der Waals surface area contributed by atoms with Gasteiger partial charge in [0.1, 0.15) is 11.6 Å². The van der Waals surface area contributed by atoms with Crippen LogP contribution < -0.4 is 15.4 Å². The van der Waals surface area contributed by atoms with E-state index in [9.17, 15) is 4.79 Å². The van der Waals surface area contributed by atoms with Gasteiger partial charge in [0.25, 0.3) is 0 Å². The number of rotatable bonds is 5. The third-order valence-electron chi connectivity index (χ3n) is 3.14. The normalized spacial score (nSPS) is 10.4. The number of urea groups is 1. The van der Waals surface area contributed by atoms with E-state index >= 15 is 0 Å². The lowest BCUT2D eigenvalue weighted by molar-refractivity contribution is 0.251. The van der Waals surface area contributed by atoms with Crippen molar-refractivity contribution in [3.63, 3.8) is 0 Å². The Morgan fingerprint density at radius 2 is 2.25 bits per heavy atom. The lowest BCUT2D eigenvalue weighted by Crippen LogP contribution is -2.28. The Morgan fingerprint density at radius 1 is 1.38 bits per heavy atom. The zero-order valence-corrected chi connectivity index (χ0v) is 14.4. The number of imidazole rings is 1. The molecule has 2 aromatic heterocycles. The first-order valence-corrected chi connectivity index (χ1v) is 8.28. The smallest absolute Gasteiger partial charge is 0.321 e. The van der Waals surface area contributed by atoms with E-state index in [1.165, 1.54) is 11.3 Å². The molecule has 0 unspecified atom stereocenters. The molecule has 0 aliphatic rings. The molecule has 7 nitrogen and oxygen atoms in total. The number of nitrogens with one attached hydrogen (secondary N) is 3. The van der Waals surface area contributed by atoms with Gasteiger partial charge in [0.15, 0.2) is 5.13 Å². The van der Waals surface area contributed by atoms with E-state index in [-0.39, 0.29) is 12.6 Å². The maximum Gasteiger partial charge on any atom is 0.321 e. The van der Waals surface area contributed by atoms with Crippen LogP contribution in [-0.4, -0.2) is 28.1 Å². The van der Waals surface area contributed by atoms with Crippen LogP contribution in [0.15, 0.2) is 40.9 Å². The van der Waals surface area contributed by atoms with E-state index in [0.29, 0.717) is 11.0 Å². The van der Waals surface area contributed by atoms with Gasteiger partial charge in [0.2, 0.25) is 0 Å². The molecule has 3 aromatic rings. The van der Waals surface area contributed by atoms with Gasteiger partial charge in [-0.1, -0.05) is 23.5 Å².